The first kappa shape index (κ1) is 9.34. The number of likely N-dealkylation sites (tertiary alicyclic amines) is 1. The van der Waals surface area contributed by atoms with Crippen LogP contribution in [-0.2, 0) is 0 Å². The van der Waals surface area contributed by atoms with Crippen LogP contribution in [0.4, 0.5) is 8.78 Å². The molecule has 0 unspecified atom stereocenters. The fourth-order valence-corrected chi connectivity index (χ4v) is 2.27. The van der Waals surface area contributed by atoms with E-state index in [1.165, 1.54) is 0 Å². The molecular weight excluding hydrogens is 174 g/mol. The maximum atomic E-state index is 12.6. The first-order valence-corrected chi connectivity index (χ1v) is 4.94. The van der Waals surface area contributed by atoms with Crippen molar-refractivity contribution < 1.29 is 8.78 Å². The maximum absolute atomic E-state index is 12.6. The molecule has 1 heterocycles. The number of hydrogen-bond donors (Lipinski definition) is 1. The molecule has 76 valence electrons. The Hall–Kier alpha value is -0.220. The van der Waals surface area contributed by atoms with Gasteiger partial charge in [0.25, 0.3) is 5.92 Å². The van der Waals surface area contributed by atoms with E-state index in [1.54, 1.807) is 0 Å². The smallest absolute Gasteiger partial charge is 0.272 e. The number of alkyl halides is 2. The molecular formula is C9H16F2N2. The van der Waals surface area contributed by atoms with Crippen LogP contribution in [0.1, 0.15) is 25.7 Å². The summed E-state index contributed by atoms with van der Waals surface area (Å²) in [5.74, 6) is -2.42. The molecule has 1 saturated carbocycles. The molecule has 0 aromatic carbocycles. The number of nitrogens with two attached hydrogens (primary N) is 1. The Kier molecular flexibility index (Phi) is 2.28. The summed E-state index contributed by atoms with van der Waals surface area (Å²) in [6.07, 6.45) is 3.98. The van der Waals surface area contributed by atoms with Gasteiger partial charge in [0.1, 0.15) is 0 Å². The van der Waals surface area contributed by atoms with Crippen LogP contribution in [0.3, 0.4) is 0 Å². The van der Waals surface area contributed by atoms with E-state index in [4.69, 9.17) is 5.73 Å². The Bertz CT molecular complexity index is 180. The SMILES string of the molecule is N[C@H]1CC[C@H](N2CC(F)(F)C2)CC1. The highest BCUT2D eigenvalue weighted by molar-refractivity contribution is 4.93. The van der Waals surface area contributed by atoms with Crippen LogP contribution in [-0.4, -0.2) is 36.0 Å². The van der Waals surface area contributed by atoms with Crippen molar-refractivity contribution in [3.63, 3.8) is 0 Å². The summed E-state index contributed by atoms with van der Waals surface area (Å²) in [5, 5.41) is 0. The van der Waals surface area contributed by atoms with Crippen molar-refractivity contribution in [3.8, 4) is 0 Å². The molecule has 2 nitrogen and oxygen atoms in total. The van der Waals surface area contributed by atoms with Gasteiger partial charge in [-0.2, -0.15) is 0 Å². The van der Waals surface area contributed by atoms with E-state index in [9.17, 15) is 8.78 Å². The Morgan fingerprint density at radius 3 is 2.08 bits per heavy atom. The van der Waals surface area contributed by atoms with Gasteiger partial charge in [-0.25, -0.2) is 8.78 Å². The topological polar surface area (TPSA) is 29.3 Å². The van der Waals surface area contributed by atoms with Crippen LogP contribution in [0.5, 0.6) is 0 Å². The lowest BCUT2D eigenvalue weighted by Gasteiger charge is -2.45. The highest BCUT2D eigenvalue weighted by Gasteiger charge is 2.46. The molecule has 0 aromatic heterocycles. The van der Waals surface area contributed by atoms with Crippen molar-refractivity contribution in [2.24, 2.45) is 5.73 Å². The minimum absolute atomic E-state index is 0.0348. The largest absolute Gasteiger partial charge is 0.328 e. The zero-order valence-electron chi connectivity index (χ0n) is 7.68. The predicted octanol–water partition coefficient (Wildman–Crippen LogP) is 1.21. The lowest BCUT2D eigenvalue weighted by molar-refractivity contribution is -0.149. The molecule has 2 N–H and O–H groups in total. The summed E-state index contributed by atoms with van der Waals surface area (Å²) >= 11 is 0. The van der Waals surface area contributed by atoms with Gasteiger partial charge in [0.05, 0.1) is 13.1 Å². The second kappa shape index (κ2) is 3.17. The van der Waals surface area contributed by atoms with E-state index in [0.717, 1.165) is 25.7 Å². The number of halogens is 2. The van der Waals surface area contributed by atoms with Gasteiger partial charge in [0, 0.05) is 12.1 Å². The van der Waals surface area contributed by atoms with Crippen molar-refractivity contribution >= 4 is 0 Å². The van der Waals surface area contributed by atoms with Gasteiger partial charge in [-0.3, -0.25) is 4.90 Å². The van der Waals surface area contributed by atoms with Crippen molar-refractivity contribution in [1.29, 1.82) is 0 Å². The Morgan fingerprint density at radius 1 is 1.08 bits per heavy atom. The van der Waals surface area contributed by atoms with Gasteiger partial charge in [0.15, 0.2) is 0 Å². The van der Waals surface area contributed by atoms with Gasteiger partial charge in [0.2, 0.25) is 0 Å². The van der Waals surface area contributed by atoms with Crippen LogP contribution >= 0.6 is 0 Å². The van der Waals surface area contributed by atoms with Crippen LogP contribution in [0.25, 0.3) is 0 Å². The minimum atomic E-state index is -2.42. The Balaban J connectivity index is 1.78. The van der Waals surface area contributed by atoms with Crippen LogP contribution in [0.2, 0.25) is 0 Å². The summed E-state index contributed by atoms with van der Waals surface area (Å²) in [6.45, 7) is -0.0696. The van der Waals surface area contributed by atoms with E-state index >= 15 is 0 Å². The van der Waals surface area contributed by atoms with Gasteiger partial charge in [-0.15, -0.1) is 0 Å². The summed E-state index contributed by atoms with van der Waals surface area (Å²) in [7, 11) is 0. The monoisotopic (exact) mass is 190 g/mol. The second-order valence-electron chi connectivity index (χ2n) is 4.33. The van der Waals surface area contributed by atoms with Crippen molar-refractivity contribution in [2.45, 2.75) is 43.7 Å². The molecule has 4 heteroatoms. The van der Waals surface area contributed by atoms with Crippen molar-refractivity contribution in [1.82, 2.24) is 4.90 Å². The molecule has 0 amide bonds. The molecule has 0 radical (unpaired) electrons. The third-order valence-electron chi connectivity index (χ3n) is 3.13. The Morgan fingerprint density at radius 2 is 1.62 bits per heavy atom. The molecule has 2 fully saturated rings. The first-order valence-electron chi connectivity index (χ1n) is 4.94. The lowest BCUT2D eigenvalue weighted by atomic mass is 9.89. The van der Waals surface area contributed by atoms with Crippen LogP contribution in [0, 0.1) is 0 Å². The fourth-order valence-electron chi connectivity index (χ4n) is 2.27. The average molecular weight is 190 g/mol. The molecule has 0 spiro atoms. The molecule has 2 aliphatic rings. The lowest BCUT2D eigenvalue weighted by Crippen LogP contribution is -2.60. The fraction of sp³-hybridized carbons (Fsp3) is 1.00. The standard InChI is InChI=1S/C9H16F2N2/c10-9(11)5-13(6-9)8-3-1-7(12)2-4-8/h7-8H,1-6,12H2/t7-,8-. The van der Waals surface area contributed by atoms with E-state index in [1.807, 2.05) is 4.90 Å². The molecule has 1 aliphatic heterocycles. The van der Waals surface area contributed by atoms with Crippen LogP contribution < -0.4 is 5.73 Å². The van der Waals surface area contributed by atoms with Crippen molar-refractivity contribution in [3.05, 3.63) is 0 Å². The molecule has 1 saturated heterocycles. The third-order valence-corrected chi connectivity index (χ3v) is 3.13. The van der Waals surface area contributed by atoms with Crippen LogP contribution in [0.15, 0.2) is 0 Å². The number of rotatable bonds is 1. The molecule has 0 bridgehead atoms. The molecule has 0 aromatic rings. The normalized spacial score (nSPS) is 39.9. The van der Waals surface area contributed by atoms with Gasteiger partial charge >= 0.3 is 0 Å². The second-order valence-corrected chi connectivity index (χ2v) is 4.33. The Labute approximate surface area is 77.1 Å². The zero-order valence-corrected chi connectivity index (χ0v) is 7.68. The summed E-state index contributed by atoms with van der Waals surface area (Å²) in [4.78, 5) is 1.89. The van der Waals surface area contributed by atoms with E-state index in [-0.39, 0.29) is 13.1 Å². The summed E-state index contributed by atoms with van der Waals surface area (Å²) in [6, 6.07) is 0.678. The third kappa shape index (κ3) is 1.99. The van der Waals surface area contributed by atoms with E-state index in [0.29, 0.717) is 12.1 Å². The van der Waals surface area contributed by atoms with E-state index in [2.05, 4.69) is 0 Å². The molecule has 13 heavy (non-hydrogen) atoms. The molecule has 0 atom stereocenters. The number of nitrogens with zero attached hydrogens (tertiary/aromatic N) is 1. The highest BCUT2D eigenvalue weighted by Crippen LogP contribution is 2.33. The maximum Gasteiger partial charge on any atom is 0.272 e. The number of hydrogen-bond acceptors (Lipinski definition) is 2. The predicted molar refractivity (Wildman–Crippen MR) is 46.8 cm³/mol. The zero-order chi connectivity index (χ0) is 9.47. The van der Waals surface area contributed by atoms with Gasteiger partial charge in [-0.05, 0) is 25.7 Å². The molecule has 1 aliphatic carbocycles. The highest BCUT2D eigenvalue weighted by atomic mass is 19.3. The molecule has 2 rings (SSSR count). The van der Waals surface area contributed by atoms with Gasteiger partial charge < -0.3 is 5.73 Å². The summed E-state index contributed by atoms with van der Waals surface area (Å²) < 4.78 is 25.1. The van der Waals surface area contributed by atoms with E-state index < -0.39 is 5.92 Å². The minimum Gasteiger partial charge on any atom is -0.328 e. The van der Waals surface area contributed by atoms with Gasteiger partial charge in [-0.1, -0.05) is 0 Å². The average Bonchev–Trinajstić information content (AvgIpc) is 2.01. The quantitative estimate of drug-likeness (QED) is 0.673. The first-order chi connectivity index (χ1) is 6.07. The summed E-state index contributed by atoms with van der Waals surface area (Å²) in [5.41, 5.74) is 5.74. The van der Waals surface area contributed by atoms with Crippen molar-refractivity contribution in [2.75, 3.05) is 13.1 Å².